The minimum atomic E-state index is 0.0788. The van der Waals surface area contributed by atoms with E-state index in [-0.39, 0.29) is 5.91 Å². The largest absolute Gasteiger partial charge is 0.354 e. The Bertz CT molecular complexity index is 601. The zero-order valence-electron chi connectivity index (χ0n) is 12.7. The number of aryl methyl sites for hydroxylation is 1. The molecule has 1 amide bonds. The Morgan fingerprint density at radius 1 is 1.35 bits per heavy atom. The average Bonchev–Trinajstić information content (AvgIpc) is 2.73. The van der Waals surface area contributed by atoms with Crippen LogP contribution in [0.4, 0.5) is 0 Å². The zero-order chi connectivity index (χ0) is 14.7. The molecule has 1 atom stereocenters. The van der Waals surface area contributed by atoms with Crippen LogP contribution >= 0.6 is 0 Å². The van der Waals surface area contributed by atoms with Crippen LogP contribution in [0.5, 0.6) is 0 Å². The van der Waals surface area contributed by atoms with Crippen molar-refractivity contribution in [2.45, 2.75) is 19.4 Å². The number of rotatable bonds is 5. The maximum absolute atomic E-state index is 12.1. The quantitative estimate of drug-likeness (QED) is 0.902. The molecule has 2 rings (SSSR count). The van der Waals surface area contributed by atoms with Crippen molar-refractivity contribution in [2.24, 2.45) is 7.05 Å². The number of hydrogen-bond donors (Lipinski definition) is 1. The van der Waals surface area contributed by atoms with Crippen LogP contribution < -0.4 is 5.32 Å². The van der Waals surface area contributed by atoms with Gasteiger partial charge in [0, 0.05) is 36.7 Å². The Morgan fingerprint density at radius 3 is 2.75 bits per heavy atom. The maximum atomic E-state index is 12.1. The van der Waals surface area contributed by atoms with Gasteiger partial charge in [-0.15, -0.1) is 0 Å². The van der Waals surface area contributed by atoms with E-state index >= 15 is 0 Å². The fraction of sp³-hybridized carbons (Fsp3) is 0.438. The molecule has 0 fully saturated rings. The third kappa shape index (κ3) is 3.20. The molecule has 0 aliphatic carbocycles. The first-order chi connectivity index (χ1) is 9.49. The molecule has 1 aromatic carbocycles. The summed E-state index contributed by atoms with van der Waals surface area (Å²) in [6.45, 7) is 2.77. The van der Waals surface area contributed by atoms with Gasteiger partial charge in [0.05, 0.1) is 6.42 Å². The van der Waals surface area contributed by atoms with E-state index in [4.69, 9.17) is 0 Å². The summed E-state index contributed by atoms with van der Waals surface area (Å²) in [5, 5.41) is 4.15. The first-order valence-electron chi connectivity index (χ1n) is 6.95. The van der Waals surface area contributed by atoms with Gasteiger partial charge in [-0.3, -0.25) is 4.79 Å². The lowest BCUT2D eigenvalue weighted by molar-refractivity contribution is -0.120. The average molecular weight is 273 g/mol. The number of benzene rings is 1. The topological polar surface area (TPSA) is 37.3 Å². The molecule has 4 heteroatoms. The van der Waals surface area contributed by atoms with Gasteiger partial charge in [0.2, 0.25) is 5.91 Å². The van der Waals surface area contributed by atoms with E-state index in [1.54, 1.807) is 0 Å². The van der Waals surface area contributed by atoms with E-state index in [1.807, 2.05) is 39.5 Å². The summed E-state index contributed by atoms with van der Waals surface area (Å²) in [6, 6.07) is 8.51. The van der Waals surface area contributed by atoms with E-state index in [0.717, 1.165) is 16.5 Å². The third-order valence-electron chi connectivity index (χ3n) is 3.81. The van der Waals surface area contributed by atoms with E-state index in [9.17, 15) is 4.79 Å². The van der Waals surface area contributed by atoms with Gasteiger partial charge < -0.3 is 14.8 Å². The number of nitrogens with one attached hydrogen (secondary N) is 1. The number of fused-ring (bicyclic) bond motifs is 1. The van der Waals surface area contributed by atoms with Crippen molar-refractivity contribution >= 4 is 16.8 Å². The molecular formula is C16H23N3O. The molecule has 0 bridgehead atoms. The molecule has 20 heavy (non-hydrogen) atoms. The van der Waals surface area contributed by atoms with Gasteiger partial charge in [0.15, 0.2) is 0 Å². The second-order valence-corrected chi connectivity index (χ2v) is 5.58. The van der Waals surface area contributed by atoms with Gasteiger partial charge in [0.25, 0.3) is 0 Å². The number of carbonyl (C=O) groups excluding carboxylic acids is 1. The number of carbonyl (C=O) groups is 1. The van der Waals surface area contributed by atoms with Crippen molar-refractivity contribution in [3.63, 3.8) is 0 Å². The highest BCUT2D eigenvalue weighted by molar-refractivity contribution is 5.89. The Labute approximate surface area is 120 Å². The second kappa shape index (κ2) is 6.09. The number of nitrogens with zero attached hydrogens (tertiary/aromatic N) is 2. The molecule has 0 unspecified atom stereocenters. The van der Waals surface area contributed by atoms with Crippen molar-refractivity contribution < 1.29 is 4.79 Å². The monoisotopic (exact) mass is 273 g/mol. The Morgan fingerprint density at radius 2 is 2.05 bits per heavy atom. The molecule has 0 spiro atoms. The van der Waals surface area contributed by atoms with Crippen LogP contribution in [0, 0.1) is 0 Å². The van der Waals surface area contributed by atoms with Crippen LogP contribution in [0.15, 0.2) is 30.5 Å². The lowest BCUT2D eigenvalue weighted by atomic mass is 10.1. The van der Waals surface area contributed by atoms with Gasteiger partial charge in [0.1, 0.15) is 0 Å². The van der Waals surface area contributed by atoms with E-state index in [2.05, 4.69) is 33.8 Å². The molecular weight excluding hydrogens is 250 g/mol. The summed E-state index contributed by atoms with van der Waals surface area (Å²) in [7, 11) is 6.04. The zero-order valence-corrected chi connectivity index (χ0v) is 12.7. The Hall–Kier alpha value is -1.81. The summed E-state index contributed by atoms with van der Waals surface area (Å²) in [5.41, 5.74) is 2.25. The van der Waals surface area contributed by atoms with E-state index in [1.165, 1.54) is 0 Å². The number of hydrogen-bond acceptors (Lipinski definition) is 2. The molecule has 0 aliphatic heterocycles. The molecule has 1 aromatic heterocycles. The number of amides is 1. The minimum absolute atomic E-state index is 0.0788. The number of para-hydroxylation sites is 1. The van der Waals surface area contributed by atoms with Gasteiger partial charge >= 0.3 is 0 Å². The van der Waals surface area contributed by atoms with E-state index < -0.39 is 0 Å². The molecule has 1 N–H and O–H groups in total. The summed E-state index contributed by atoms with van der Waals surface area (Å²) >= 11 is 0. The second-order valence-electron chi connectivity index (χ2n) is 5.58. The fourth-order valence-corrected chi connectivity index (χ4v) is 2.25. The summed E-state index contributed by atoms with van der Waals surface area (Å²) in [6.07, 6.45) is 2.47. The molecule has 0 aliphatic rings. The third-order valence-corrected chi connectivity index (χ3v) is 3.81. The highest BCUT2D eigenvalue weighted by atomic mass is 16.1. The van der Waals surface area contributed by atoms with Crippen molar-refractivity contribution in [1.29, 1.82) is 0 Å². The molecule has 2 aromatic rings. The minimum Gasteiger partial charge on any atom is -0.354 e. The summed E-state index contributed by atoms with van der Waals surface area (Å²) in [4.78, 5) is 14.1. The van der Waals surface area contributed by atoms with Crippen molar-refractivity contribution in [3.05, 3.63) is 36.0 Å². The van der Waals surface area contributed by atoms with Gasteiger partial charge in [-0.25, -0.2) is 0 Å². The molecule has 1 heterocycles. The first kappa shape index (κ1) is 14.6. The summed E-state index contributed by atoms with van der Waals surface area (Å²) in [5.74, 6) is 0.0788. The van der Waals surface area contributed by atoms with Crippen LogP contribution in [0.2, 0.25) is 0 Å². The van der Waals surface area contributed by atoms with Crippen molar-refractivity contribution in [1.82, 2.24) is 14.8 Å². The van der Waals surface area contributed by atoms with Gasteiger partial charge in [-0.1, -0.05) is 18.2 Å². The normalized spacial score (nSPS) is 12.8. The van der Waals surface area contributed by atoms with Crippen LogP contribution in [0.25, 0.3) is 10.9 Å². The Balaban J connectivity index is 2.03. The molecule has 108 valence electrons. The lowest BCUT2D eigenvalue weighted by Gasteiger charge is -2.19. The first-order valence-corrected chi connectivity index (χ1v) is 6.95. The van der Waals surface area contributed by atoms with E-state index in [0.29, 0.717) is 19.0 Å². The van der Waals surface area contributed by atoms with Crippen LogP contribution in [-0.4, -0.2) is 42.1 Å². The summed E-state index contributed by atoms with van der Waals surface area (Å²) < 4.78 is 2.07. The van der Waals surface area contributed by atoms with Crippen molar-refractivity contribution in [2.75, 3.05) is 20.6 Å². The fourth-order valence-electron chi connectivity index (χ4n) is 2.25. The number of likely N-dealkylation sites (N-methyl/N-ethyl adjacent to an activating group) is 1. The van der Waals surface area contributed by atoms with Crippen LogP contribution in [0.3, 0.4) is 0 Å². The highest BCUT2D eigenvalue weighted by Crippen LogP contribution is 2.20. The molecule has 0 radical (unpaired) electrons. The predicted molar refractivity (Wildman–Crippen MR) is 82.8 cm³/mol. The lowest BCUT2D eigenvalue weighted by Crippen LogP contribution is -2.38. The molecule has 0 saturated heterocycles. The SMILES string of the molecule is C[C@H](CNC(=O)Cc1cn(C)c2ccccc12)N(C)C. The maximum Gasteiger partial charge on any atom is 0.224 e. The number of aromatic nitrogens is 1. The van der Waals surface area contributed by atoms with Gasteiger partial charge in [-0.2, -0.15) is 0 Å². The molecule has 4 nitrogen and oxygen atoms in total. The van der Waals surface area contributed by atoms with Crippen LogP contribution in [0.1, 0.15) is 12.5 Å². The van der Waals surface area contributed by atoms with Gasteiger partial charge in [-0.05, 0) is 32.6 Å². The molecule has 0 saturated carbocycles. The smallest absolute Gasteiger partial charge is 0.224 e. The van der Waals surface area contributed by atoms with Crippen molar-refractivity contribution in [3.8, 4) is 0 Å². The standard InChI is InChI=1S/C16H23N3O/c1-12(18(2)3)10-17-16(20)9-13-11-19(4)15-8-6-5-7-14(13)15/h5-8,11-12H,9-10H2,1-4H3,(H,17,20)/t12-/m1/s1. The highest BCUT2D eigenvalue weighted by Gasteiger charge is 2.11. The van der Waals surface area contributed by atoms with Crippen LogP contribution in [-0.2, 0) is 18.3 Å². The Kier molecular flexibility index (Phi) is 4.45. The predicted octanol–water partition coefficient (Wildman–Crippen LogP) is 1.79.